The first-order valence-electron chi connectivity index (χ1n) is 17.3. The van der Waals surface area contributed by atoms with E-state index >= 15 is 0 Å². The predicted molar refractivity (Wildman–Crippen MR) is 198 cm³/mol. The molecule has 2 aromatic carbocycles. The van der Waals surface area contributed by atoms with Crippen LogP contribution in [0.4, 0.5) is 5.82 Å². The molecule has 0 radical (unpaired) electrons. The summed E-state index contributed by atoms with van der Waals surface area (Å²) in [4.78, 5) is 45.4. The van der Waals surface area contributed by atoms with E-state index in [2.05, 4.69) is 36.6 Å². The topological polar surface area (TPSA) is 156 Å². The number of nitrogens with one attached hydrogen (secondary N) is 5. The van der Waals surface area contributed by atoms with Crippen molar-refractivity contribution in [2.75, 3.05) is 25.5 Å². The first-order valence-corrected chi connectivity index (χ1v) is 18.1. The van der Waals surface area contributed by atoms with Gasteiger partial charge in [-0.2, -0.15) is 4.98 Å². The number of rotatable bonds is 13. The van der Waals surface area contributed by atoms with Crippen molar-refractivity contribution in [3.63, 3.8) is 0 Å². The van der Waals surface area contributed by atoms with E-state index < -0.39 is 0 Å². The molecule has 0 bridgehead atoms. The van der Waals surface area contributed by atoms with Crippen LogP contribution < -0.4 is 36.1 Å². The van der Waals surface area contributed by atoms with Crippen LogP contribution in [-0.4, -0.2) is 60.0 Å². The number of benzene rings is 2. The first kappa shape index (κ1) is 35.6. The number of anilines is 1. The average Bonchev–Trinajstić information content (AvgIpc) is 3.88. The molecule has 7 rings (SSSR count). The molecular weight excluding hydrogens is 705 g/mol. The monoisotopic (exact) mass is 743 g/mol. The fraction of sp³-hybridized carbons (Fsp3) is 0.342. The van der Waals surface area contributed by atoms with Gasteiger partial charge in [0.1, 0.15) is 16.9 Å². The number of halogens is 2. The number of amides is 3. The van der Waals surface area contributed by atoms with E-state index in [4.69, 9.17) is 32.7 Å². The van der Waals surface area contributed by atoms with E-state index in [0.717, 1.165) is 46.2 Å². The Kier molecular flexibility index (Phi) is 10.9. The second kappa shape index (κ2) is 15.9. The lowest BCUT2D eigenvalue weighted by molar-refractivity contribution is -0.120. The normalized spacial score (nSPS) is 19.2. The lowest BCUT2D eigenvalue weighted by Crippen LogP contribution is -2.35. The van der Waals surface area contributed by atoms with Gasteiger partial charge in [0.15, 0.2) is 0 Å². The van der Waals surface area contributed by atoms with Crippen molar-refractivity contribution >= 4 is 46.7 Å². The quantitative estimate of drug-likeness (QED) is 0.125. The Morgan fingerprint density at radius 2 is 1.83 bits per heavy atom. The van der Waals surface area contributed by atoms with Crippen LogP contribution in [0.2, 0.25) is 10.0 Å². The molecular formula is C38H39Cl2N7O5. The van der Waals surface area contributed by atoms with Gasteiger partial charge in [0, 0.05) is 68.4 Å². The van der Waals surface area contributed by atoms with Crippen LogP contribution >= 0.6 is 23.2 Å². The highest BCUT2D eigenvalue weighted by atomic mass is 35.5. The van der Waals surface area contributed by atoms with Gasteiger partial charge >= 0.3 is 0 Å². The minimum Gasteiger partial charge on any atom is -0.481 e. The summed E-state index contributed by atoms with van der Waals surface area (Å²) in [5.41, 5.74) is 5.81. The second-order valence-electron chi connectivity index (χ2n) is 13.2. The molecule has 14 heteroatoms. The van der Waals surface area contributed by atoms with Crippen molar-refractivity contribution in [1.82, 2.24) is 31.2 Å². The van der Waals surface area contributed by atoms with Crippen molar-refractivity contribution in [2.24, 2.45) is 0 Å². The number of methoxy groups -OCH3 is 1. The second-order valence-corrected chi connectivity index (χ2v) is 13.9. The maximum Gasteiger partial charge on any atom is 0.258 e. The molecule has 52 heavy (non-hydrogen) atoms. The highest BCUT2D eigenvalue weighted by Crippen LogP contribution is 2.43. The third-order valence-corrected chi connectivity index (χ3v) is 10.3. The standard InChI is InChI=1S/C38H39Cl2N7O5/c1-51-37-22(18-41-19-23-9-13-33(48)45-23)14-30(39)38(47-37)52-31-11-10-26-25(4-2-5-27(26)31)28-6-3-7-29(35(28)40)36(50)46-32-12-8-21(17-43-32)16-42-24-15-34(49)44-20-24/h2-8,12,14,17,23-24,31,41-42H,9-11,13,15-16,18-20H2,1H3,(H,44,49)(H,45,48)(H,43,46,50)/t23-,24?,31-/m0/s1. The Morgan fingerprint density at radius 3 is 2.58 bits per heavy atom. The summed E-state index contributed by atoms with van der Waals surface area (Å²) in [6.07, 6.45) is 4.65. The zero-order valence-electron chi connectivity index (χ0n) is 28.6. The first-order chi connectivity index (χ1) is 25.2. The van der Waals surface area contributed by atoms with E-state index in [9.17, 15) is 14.4 Å². The van der Waals surface area contributed by atoms with Crippen molar-refractivity contribution in [1.29, 1.82) is 0 Å². The third kappa shape index (κ3) is 8.00. The minimum absolute atomic E-state index is 0.0480. The van der Waals surface area contributed by atoms with Crippen LogP contribution in [0.15, 0.2) is 60.8 Å². The molecule has 0 saturated carbocycles. The molecule has 1 aliphatic carbocycles. The number of ether oxygens (including phenoxy) is 2. The Hall–Kier alpha value is -4.75. The van der Waals surface area contributed by atoms with Gasteiger partial charge in [-0.05, 0) is 59.7 Å². The summed E-state index contributed by atoms with van der Waals surface area (Å²) in [6, 6.07) is 17.0. The average molecular weight is 745 g/mol. The number of aromatic nitrogens is 2. The number of carbonyl (C=O) groups is 3. The van der Waals surface area contributed by atoms with Crippen LogP contribution in [-0.2, 0) is 29.1 Å². The summed E-state index contributed by atoms with van der Waals surface area (Å²) in [7, 11) is 1.56. The van der Waals surface area contributed by atoms with Crippen LogP contribution in [0, 0.1) is 0 Å². The maximum absolute atomic E-state index is 13.4. The lowest BCUT2D eigenvalue weighted by Gasteiger charge is -2.18. The number of carbonyl (C=O) groups excluding carboxylic acids is 3. The zero-order chi connectivity index (χ0) is 36.2. The van der Waals surface area contributed by atoms with E-state index in [1.165, 1.54) is 0 Å². The Bertz CT molecular complexity index is 1990. The zero-order valence-corrected chi connectivity index (χ0v) is 30.1. The molecule has 2 saturated heterocycles. The third-order valence-electron chi connectivity index (χ3n) is 9.61. The fourth-order valence-corrected chi connectivity index (χ4v) is 7.46. The number of pyridine rings is 2. The molecule has 3 atom stereocenters. The Labute approximate surface area is 311 Å². The SMILES string of the molecule is COc1nc(O[C@H]2CCc3c(-c4cccc(C(=O)Nc5ccc(CNC6CNC(=O)C6)cn5)c4Cl)cccc32)c(Cl)cc1CNC[C@@H]1CCC(=O)N1. The van der Waals surface area contributed by atoms with Gasteiger partial charge < -0.3 is 36.1 Å². The molecule has 3 amide bonds. The highest BCUT2D eigenvalue weighted by molar-refractivity contribution is 6.37. The van der Waals surface area contributed by atoms with Crippen molar-refractivity contribution in [2.45, 2.75) is 63.4 Å². The van der Waals surface area contributed by atoms with Crippen molar-refractivity contribution in [3.8, 4) is 22.9 Å². The van der Waals surface area contributed by atoms with Gasteiger partial charge in [-0.1, -0.05) is 59.6 Å². The number of nitrogens with zero attached hydrogens (tertiary/aromatic N) is 2. The van der Waals surface area contributed by atoms with Crippen LogP contribution in [0.25, 0.3) is 11.1 Å². The summed E-state index contributed by atoms with van der Waals surface area (Å²) in [6.45, 7) is 2.28. The Morgan fingerprint density at radius 1 is 0.981 bits per heavy atom. The van der Waals surface area contributed by atoms with E-state index in [1.807, 2.05) is 36.4 Å². The summed E-state index contributed by atoms with van der Waals surface area (Å²) in [5.74, 6) is 0.858. The summed E-state index contributed by atoms with van der Waals surface area (Å²) < 4.78 is 12.0. The van der Waals surface area contributed by atoms with Gasteiger partial charge in [0.05, 0.1) is 17.7 Å². The van der Waals surface area contributed by atoms with Gasteiger partial charge in [-0.25, -0.2) is 4.98 Å². The van der Waals surface area contributed by atoms with Gasteiger partial charge in [-0.3, -0.25) is 14.4 Å². The Balaban J connectivity index is 1.02. The molecule has 4 aromatic rings. The van der Waals surface area contributed by atoms with Crippen LogP contribution in [0.5, 0.6) is 11.8 Å². The number of fused-ring (bicyclic) bond motifs is 1. The van der Waals surface area contributed by atoms with Gasteiger partial charge in [0.25, 0.3) is 5.91 Å². The molecule has 270 valence electrons. The van der Waals surface area contributed by atoms with Gasteiger partial charge in [-0.15, -0.1) is 0 Å². The molecule has 5 N–H and O–H groups in total. The summed E-state index contributed by atoms with van der Waals surface area (Å²) >= 11 is 13.6. The smallest absolute Gasteiger partial charge is 0.258 e. The van der Waals surface area contributed by atoms with Crippen molar-refractivity contribution in [3.05, 3.63) is 98.7 Å². The van der Waals surface area contributed by atoms with E-state index in [1.54, 1.807) is 31.5 Å². The van der Waals surface area contributed by atoms with Crippen LogP contribution in [0.1, 0.15) is 64.4 Å². The van der Waals surface area contributed by atoms with E-state index in [-0.39, 0.29) is 41.8 Å². The minimum atomic E-state index is -0.367. The fourth-order valence-electron chi connectivity index (χ4n) is 6.93. The molecule has 4 heterocycles. The van der Waals surface area contributed by atoms with Crippen LogP contribution in [0.3, 0.4) is 0 Å². The number of hydrogen-bond acceptors (Lipinski definition) is 9. The molecule has 2 aliphatic heterocycles. The maximum atomic E-state index is 13.4. The molecule has 1 unspecified atom stereocenters. The molecule has 2 fully saturated rings. The summed E-state index contributed by atoms with van der Waals surface area (Å²) in [5, 5.41) is 16.0. The van der Waals surface area contributed by atoms with E-state index in [0.29, 0.717) is 72.7 Å². The van der Waals surface area contributed by atoms with Gasteiger partial charge in [0.2, 0.25) is 23.6 Å². The lowest BCUT2D eigenvalue weighted by atomic mass is 9.95. The predicted octanol–water partition coefficient (Wildman–Crippen LogP) is 5.12. The largest absolute Gasteiger partial charge is 0.481 e. The molecule has 3 aliphatic rings. The number of hydrogen-bond donors (Lipinski definition) is 5. The molecule has 0 spiro atoms. The molecule has 12 nitrogen and oxygen atoms in total. The highest BCUT2D eigenvalue weighted by Gasteiger charge is 2.29. The molecule has 2 aromatic heterocycles. The van der Waals surface area contributed by atoms with Crippen molar-refractivity contribution < 1.29 is 23.9 Å².